The molecular formula is C17H18FNO2S. The number of likely N-dealkylation sites (tertiary alicyclic amines) is 1. The van der Waals surface area contributed by atoms with Gasteiger partial charge in [-0.1, -0.05) is 18.2 Å². The third kappa shape index (κ3) is 2.78. The average molecular weight is 319 g/mol. The van der Waals surface area contributed by atoms with Crippen LogP contribution in [0, 0.1) is 12.7 Å². The number of carboxylic acids is 1. The van der Waals surface area contributed by atoms with Crippen LogP contribution in [0.1, 0.15) is 34.9 Å². The monoisotopic (exact) mass is 319 g/mol. The summed E-state index contributed by atoms with van der Waals surface area (Å²) in [7, 11) is 0. The van der Waals surface area contributed by atoms with E-state index >= 15 is 0 Å². The number of hydrogen-bond acceptors (Lipinski definition) is 3. The number of rotatable bonds is 4. The molecule has 0 aliphatic carbocycles. The Kier molecular flexibility index (Phi) is 4.27. The molecule has 1 N–H and O–H groups in total. The number of thiophene rings is 1. The third-order valence-electron chi connectivity index (χ3n) is 4.13. The normalized spacial score (nSPS) is 20.2. The van der Waals surface area contributed by atoms with Gasteiger partial charge in [0.15, 0.2) is 0 Å². The Morgan fingerprint density at radius 2 is 2.23 bits per heavy atom. The maximum absolute atomic E-state index is 14.3. The lowest BCUT2D eigenvalue weighted by Gasteiger charge is -2.31. The molecule has 1 aliphatic rings. The van der Waals surface area contributed by atoms with Crippen molar-refractivity contribution < 1.29 is 14.3 Å². The van der Waals surface area contributed by atoms with Crippen molar-refractivity contribution in [3.63, 3.8) is 0 Å². The van der Waals surface area contributed by atoms with Gasteiger partial charge in [-0.2, -0.15) is 0 Å². The Balaban J connectivity index is 2.07. The summed E-state index contributed by atoms with van der Waals surface area (Å²) >= 11 is 1.56. The van der Waals surface area contributed by atoms with Crippen molar-refractivity contribution in [1.29, 1.82) is 0 Å². The lowest BCUT2D eigenvalue weighted by atomic mass is 10.0. The fourth-order valence-electron chi connectivity index (χ4n) is 3.15. The zero-order chi connectivity index (χ0) is 15.7. The van der Waals surface area contributed by atoms with E-state index in [0.717, 1.165) is 16.9 Å². The summed E-state index contributed by atoms with van der Waals surface area (Å²) in [5.41, 5.74) is 1.67. The SMILES string of the molecule is Cc1csc(C(c2ccccc2F)N2CCCC2C(=O)O)c1. The van der Waals surface area contributed by atoms with Crippen molar-refractivity contribution in [3.8, 4) is 0 Å². The van der Waals surface area contributed by atoms with Crippen molar-refractivity contribution in [2.45, 2.75) is 31.8 Å². The van der Waals surface area contributed by atoms with Gasteiger partial charge in [-0.25, -0.2) is 4.39 Å². The van der Waals surface area contributed by atoms with Crippen molar-refractivity contribution in [2.75, 3.05) is 6.54 Å². The van der Waals surface area contributed by atoms with Gasteiger partial charge in [0.25, 0.3) is 0 Å². The highest BCUT2D eigenvalue weighted by atomic mass is 32.1. The first-order chi connectivity index (χ1) is 10.6. The van der Waals surface area contributed by atoms with Gasteiger partial charge < -0.3 is 5.11 Å². The Bertz CT molecular complexity index is 685. The molecule has 2 unspecified atom stereocenters. The van der Waals surface area contributed by atoms with Gasteiger partial charge in [0.05, 0.1) is 6.04 Å². The first kappa shape index (κ1) is 15.2. The summed E-state index contributed by atoms with van der Waals surface area (Å²) < 4.78 is 14.3. The Hall–Kier alpha value is -1.72. The second-order valence-corrected chi connectivity index (χ2v) is 6.63. The van der Waals surface area contributed by atoms with Gasteiger partial charge in [0.2, 0.25) is 0 Å². The van der Waals surface area contributed by atoms with Gasteiger partial charge in [-0.3, -0.25) is 9.69 Å². The largest absolute Gasteiger partial charge is 0.480 e. The lowest BCUT2D eigenvalue weighted by Crippen LogP contribution is -2.39. The van der Waals surface area contributed by atoms with Crippen LogP contribution in [-0.2, 0) is 4.79 Å². The molecule has 22 heavy (non-hydrogen) atoms. The predicted molar refractivity (Wildman–Crippen MR) is 84.7 cm³/mol. The van der Waals surface area contributed by atoms with E-state index in [4.69, 9.17) is 0 Å². The summed E-state index contributed by atoms with van der Waals surface area (Å²) in [6.45, 7) is 2.67. The molecule has 2 aromatic rings. The van der Waals surface area contributed by atoms with Gasteiger partial charge in [-0.15, -0.1) is 11.3 Å². The Morgan fingerprint density at radius 1 is 1.45 bits per heavy atom. The molecule has 0 radical (unpaired) electrons. The molecule has 0 bridgehead atoms. The molecule has 2 atom stereocenters. The fourth-order valence-corrected chi connectivity index (χ4v) is 4.19. The number of benzene rings is 1. The third-order valence-corrected chi connectivity index (χ3v) is 5.23. The smallest absolute Gasteiger partial charge is 0.320 e. The number of carbonyl (C=O) groups is 1. The van der Waals surface area contributed by atoms with E-state index in [-0.39, 0.29) is 11.9 Å². The van der Waals surface area contributed by atoms with Gasteiger partial charge >= 0.3 is 5.97 Å². The zero-order valence-electron chi connectivity index (χ0n) is 12.3. The molecule has 0 amide bonds. The zero-order valence-corrected chi connectivity index (χ0v) is 13.1. The molecule has 1 aliphatic heterocycles. The molecule has 1 aromatic carbocycles. The van der Waals surface area contributed by atoms with Crippen LogP contribution in [0.5, 0.6) is 0 Å². The number of aryl methyl sites for hydroxylation is 1. The molecule has 0 saturated carbocycles. The van der Waals surface area contributed by atoms with Gasteiger partial charge in [0.1, 0.15) is 11.9 Å². The summed E-state index contributed by atoms with van der Waals surface area (Å²) in [4.78, 5) is 14.5. The van der Waals surface area contributed by atoms with Crippen molar-refractivity contribution in [3.05, 3.63) is 57.5 Å². The van der Waals surface area contributed by atoms with E-state index in [9.17, 15) is 14.3 Å². The van der Waals surface area contributed by atoms with E-state index in [1.807, 2.05) is 23.3 Å². The lowest BCUT2D eigenvalue weighted by molar-refractivity contribution is -0.142. The van der Waals surface area contributed by atoms with Crippen LogP contribution in [0.25, 0.3) is 0 Å². The van der Waals surface area contributed by atoms with Crippen molar-refractivity contribution in [1.82, 2.24) is 4.90 Å². The number of aliphatic carboxylic acids is 1. The molecule has 1 fully saturated rings. The van der Waals surface area contributed by atoms with Crippen LogP contribution in [0.2, 0.25) is 0 Å². The minimum Gasteiger partial charge on any atom is -0.480 e. The number of hydrogen-bond donors (Lipinski definition) is 1. The molecular weight excluding hydrogens is 301 g/mol. The second-order valence-electron chi connectivity index (χ2n) is 5.68. The van der Waals surface area contributed by atoms with Crippen LogP contribution < -0.4 is 0 Å². The maximum Gasteiger partial charge on any atom is 0.320 e. The van der Waals surface area contributed by atoms with Gasteiger partial charge in [-0.05, 0) is 42.8 Å². The van der Waals surface area contributed by atoms with Crippen LogP contribution in [0.15, 0.2) is 35.7 Å². The highest BCUT2D eigenvalue weighted by Crippen LogP contribution is 2.38. The quantitative estimate of drug-likeness (QED) is 0.931. The topological polar surface area (TPSA) is 40.5 Å². The van der Waals surface area contributed by atoms with Crippen molar-refractivity contribution in [2.24, 2.45) is 0 Å². The highest BCUT2D eigenvalue weighted by molar-refractivity contribution is 7.10. The molecule has 0 spiro atoms. The van der Waals surface area contributed by atoms with Crippen LogP contribution in [0.4, 0.5) is 4.39 Å². The number of carboxylic acid groups (broad SMARTS) is 1. The molecule has 116 valence electrons. The molecule has 1 aromatic heterocycles. The van der Waals surface area contributed by atoms with Crippen LogP contribution in [-0.4, -0.2) is 28.6 Å². The second kappa shape index (κ2) is 6.18. The minimum atomic E-state index is -0.827. The highest BCUT2D eigenvalue weighted by Gasteiger charge is 2.38. The summed E-state index contributed by atoms with van der Waals surface area (Å²) in [5, 5.41) is 11.5. The maximum atomic E-state index is 14.3. The molecule has 5 heteroatoms. The van der Waals surface area contributed by atoms with Crippen molar-refractivity contribution >= 4 is 17.3 Å². The van der Waals surface area contributed by atoms with Crippen LogP contribution in [0.3, 0.4) is 0 Å². The molecule has 1 saturated heterocycles. The first-order valence-corrected chi connectivity index (χ1v) is 8.24. The summed E-state index contributed by atoms with van der Waals surface area (Å²) in [6.07, 6.45) is 1.44. The first-order valence-electron chi connectivity index (χ1n) is 7.36. The van der Waals surface area contributed by atoms with E-state index < -0.39 is 12.0 Å². The van der Waals surface area contributed by atoms with Crippen LogP contribution >= 0.6 is 11.3 Å². The molecule has 3 rings (SSSR count). The number of nitrogens with zero attached hydrogens (tertiary/aromatic N) is 1. The van der Waals surface area contributed by atoms with E-state index in [0.29, 0.717) is 18.5 Å². The summed E-state index contributed by atoms with van der Waals surface area (Å²) in [6, 6.07) is 7.81. The van der Waals surface area contributed by atoms with Gasteiger partial charge in [0, 0.05) is 17.0 Å². The summed E-state index contributed by atoms with van der Waals surface area (Å²) in [5.74, 6) is -1.11. The minimum absolute atomic E-state index is 0.283. The fraction of sp³-hybridized carbons (Fsp3) is 0.353. The number of halogens is 1. The van der Waals surface area contributed by atoms with E-state index in [1.165, 1.54) is 6.07 Å². The van der Waals surface area contributed by atoms with E-state index in [2.05, 4.69) is 0 Å². The Labute approximate surface area is 133 Å². The predicted octanol–water partition coefficient (Wildman–Crippen LogP) is 3.83. The van der Waals surface area contributed by atoms with E-state index in [1.54, 1.807) is 29.5 Å². The molecule has 2 heterocycles. The molecule has 3 nitrogen and oxygen atoms in total. The average Bonchev–Trinajstić information content (AvgIpc) is 3.11. The standard InChI is InChI=1S/C17H18FNO2S/c1-11-9-15(22-10-11)16(12-5-2-3-6-13(12)18)19-8-4-7-14(19)17(20)21/h2-3,5-6,9-10,14,16H,4,7-8H2,1H3,(H,20,21). The Morgan fingerprint density at radius 3 is 2.86 bits per heavy atom.